The largest absolute Gasteiger partial charge is 0.370 e. The number of hydrogen-bond acceptors (Lipinski definition) is 1. The van der Waals surface area contributed by atoms with E-state index in [0.29, 0.717) is 0 Å². The van der Waals surface area contributed by atoms with E-state index < -0.39 is 0 Å². The third kappa shape index (κ3) is 1.91. The van der Waals surface area contributed by atoms with Crippen molar-refractivity contribution >= 4 is 37.5 Å². The van der Waals surface area contributed by atoms with Crippen molar-refractivity contribution in [1.29, 1.82) is 0 Å². The number of anilines is 1. The normalized spacial score (nSPS) is 15.7. The molecule has 0 aromatic heterocycles. The SMILES string of the molecule is BrCc1ccc(N2CCC2)c(Br)c1. The molecule has 3 heteroatoms. The van der Waals surface area contributed by atoms with Gasteiger partial charge in [0.25, 0.3) is 0 Å². The minimum Gasteiger partial charge on any atom is -0.370 e. The molecule has 13 heavy (non-hydrogen) atoms. The molecule has 0 radical (unpaired) electrons. The summed E-state index contributed by atoms with van der Waals surface area (Å²) in [6.07, 6.45) is 1.33. The van der Waals surface area contributed by atoms with Crippen LogP contribution in [0.25, 0.3) is 0 Å². The molecule has 70 valence electrons. The van der Waals surface area contributed by atoms with Gasteiger partial charge in [0.1, 0.15) is 0 Å². The summed E-state index contributed by atoms with van der Waals surface area (Å²) in [6.45, 7) is 2.40. The van der Waals surface area contributed by atoms with Crippen molar-refractivity contribution in [1.82, 2.24) is 0 Å². The minimum absolute atomic E-state index is 0.922. The van der Waals surface area contributed by atoms with Gasteiger partial charge in [-0.2, -0.15) is 0 Å². The van der Waals surface area contributed by atoms with E-state index in [1.54, 1.807) is 0 Å². The molecule has 0 amide bonds. The molecule has 0 bridgehead atoms. The van der Waals surface area contributed by atoms with E-state index in [1.165, 1.54) is 35.2 Å². The zero-order valence-corrected chi connectivity index (χ0v) is 10.4. The average Bonchev–Trinajstić information content (AvgIpc) is 2.05. The number of halogens is 2. The maximum absolute atomic E-state index is 3.60. The van der Waals surface area contributed by atoms with Crippen LogP contribution in [0.3, 0.4) is 0 Å². The molecule has 1 aromatic carbocycles. The summed E-state index contributed by atoms with van der Waals surface area (Å²) in [4.78, 5) is 2.39. The molecule has 0 N–H and O–H groups in total. The molecule has 0 unspecified atom stereocenters. The van der Waals surface area contributed by atoms with Crippen molar-refractivity contribution in [3.05, 3.63) is 28.2 Å². The van der Waals surface area contributed by atoms with Crippen LogP contribution in [0, 0.1) is 0 Å². The maximum Gasteiger partial charge on any atom is 0.0510 e. The lowest BCUT2D eigenvalue weighted by atomic mass is 10.1. The van der Waals surface area contributed by atoms with E-state index in [0.717, 1.165) is 5.33 Å². The summed E-state index contributed by atoms with van der Waals surface area (Å²) in [5, 5.41) is 0.922. The molecular formula is C10H11Br2N. The van der Waals surface area contributed by atoms with E-state index in [4.69, 9.17) is 0 Å². The first kappa shape index (κ1) is 9.53. The van der Waals surface area contributed by atoms with Gasteiger partial charge < -0.3 is 4.90 Å². The Kier molecular flexibility index (Phi) is 2.94. The Balaban J connectivity index is 2.26. The van der Waals surface area contributed by atoms with Crippen molar-refractivity contribution in [3.63, 3.8) is 0 Å². The Labute approximate surface area is 95.4 Å². The van der Waals surface area contributed by atoms with Gasteiger partial charge in [-0.25, -0.2) is 0 Å². The summed E-state index contributed by atoms with van der Waals surface area (Å²) >= 11 is 7.05. The highest BCUT2D eigenvalue weighted by atomic mass is 79.9. The lowest BCUT2D eigenvalue weighted by Gasteiger charge is -2.34. The topological polar surface area (TPSA) is 3.24 Å². The van der Waals surface area contributed by atoms with Crippen molar-refractivity contribution in [3.8, 4) is 0 Å². The molecule has 2 rings (SSSR count). The maximum atomic E-state index is 3.60. The van der Waals surface area contributed by atoms with E-state index in [2.05, 4.69) is 55.0 Å². The fourth-order valence-electron chi connectivity index (χ4n) is 1.45. The summed E-state index contributed by atoms with van der Waals surface area (Å²) < 4.78 is 1.21. The van der Waals surface area contributed by atoms with Gasteiger partial charge >= 0.3 is 0 Å². The van der Waals surface area contributed by atoms with Crippen LogP contribution >= 0.6 is 31.9 Å². The summed E-state index contributed by atoms with van der Waals surface area (Å²) in [5.74, 6) is 0. The van der Waals surface area contributed by atoms with Crippen molar-refractivity contribution in [2.45, 2.75) is 11.8 Å². The van der Waals surface area contributed by atoms with Crippen LogP contribution in [0.4, 0.5) is 5.69 Å². The zero-order chi connectivity index (χ0) is 9.26. The van der Waals surface area contributed by atoms with Gasteiger partial charge in [0.05, 0.1) is 5.69 Å². The van der Waals surface area contributed by atoms with E-state index in [-0.39, 0.29) is 0 Å². The molecule has 1 saturated heterocycles. The molecule has 0 saturated carbocycles. The second-order valence-corrected chi connectivity index (χ2v) is 4.68. The quantitative estimate of drug-likeness (QED) is 0.755. The van der Waals surface area contributed by atoms with Crippen LogP contribution in [0.2, 0.25) is 0 Å². The predicted molar refractivity (Wildman–Crippen MR) is 63.6 cm³/mol. The molecule has 0 atom stereocenters. The molecule has 1 fully saturated rings. The second-order valence-electron chi connectivity index (χ2n) is 3.26. The van der Waals surface area contributed by atoms with Crippen LogP contribution < -0.4 is 4.90 Å². The van der Waals surface area contributed by atoms with E-state index in [9.17, 15) is 0 Å². The average molecular weight is 305 g/mol. The molecule has 1 nitrogen and oxygen atoms in total. The molecule has 1 heterocycles. The van der Waals surface area contributed by atoms with Gasteiger partial charge in [-0.15, -0.1) is 0 Å². The van der Waals surface area contributed by atoms with Crippen molar-refractivity contribution in [2.75, 3.05) is 18.0 Å². The third-order valence-corrected chi connectivity index (χ3v) is 3.65. The van der Waals surface area contributed by atoms with Crippen molar-refractivity contribution in [2.24, 2.45) is 0 Å². The molecule has 1 aliphatic rings. The Morgan fingerprint density at radius 1 is 1.31 bits per heavy atom. The van der Waals surface area contributed by atoms with E-state index in [1.807, 2.05) is 0 Å². The zero-order valence-electron chi connectivity index (χ0n) is 7.26. The van der Waals surface area contributed by atoms with Gasteiger partial charge in [0.15, 0.2) is 0 Å². The number of alkyl halides is 1. The summed E-state index contributed by atoms with van der Waals surface area (Å²) in [7, 11) is 0. The Morgan fingerprint density at radius 2 is 2.08 bits per heavy atom. The number of nitrogens with zero attached hydrogens (tertiary/aromatic N) is 1. The standard InChI is InChI=1S/C10H11Br2N/c11-7-8-2-3-10(9(12)6-8)13-4-1-5-13/h2-3,6H,1,4-5,7H2. The van der Waals surface area contributed by atoms with Crippen LogP contribution in [0.15, 0.2) is 22.7 Å². The first-order valence-electron chi connectivity index (χ1n) is 4.40. The number of hydrogen-bond donors (Lipinski definition) is 0. The fourth-order valence-corrected chi connectivity index (χ4v) is 2.47. The Morgan fingerprint density at radius 3 is 2.54 bits per heavy atom. The summed E-state index contributed by atoms with van der Waals surface area (Å²) in [6, 6.07) is 6.55. The number of rotatable bonds is 2. The molecular weight excluding hydrogens is 294 g/mol. The first-order chi connectivity index (χ1) is 6.31. The molecule has 1 aromatic rings. The highest BCUT2D eigenvalue weighted by Crippen LogP contribution is 2.30. The molecule has 1 aliphatic heterocycles. The Hall–Kier alpha value is -0.0200. The highest BCUT2D eigenvalue weighted by molar-refractivity contribution is 9.10. The van der Waals surface area contributed by atoms with Crippen LogP contribution in [-0.2, 0) is 5.33 Å². The van der Waals surface area contributed by atoms with Crippen molar-refractivity contribution < 1.29 is 0 Å². The smallest absolute Gasteiger partial charge is 0.0510 e. The lowest BCUT2D eigenvalue weighted by Crippen LogP contribution is -2.37. The van der Waals surface area contributed by atoms with Crippen LogP contribution in [-0.4, -0.2) is 13.1 Å². The van der Waals surface area contributed by atoms with Gasteiger partial charge in [-0.05, 0) is 40.0 Å². The van der Waals surface area contributed by atoms with Crippen LogP contribution in [0.5, 0.6) is 0 Å². The van der Waals surface area contributed by atoms with Crippen LogP contribution in [0.1, 0.15) is 12.0 Å². The fraction of sp³-hybridized carbons (Fsp3) is 0.400. The monoisotopic (exact) mass is 303 g/mol. The third-order valence-electron chi connectivity index (χ3n) is 2.36. The molecule has 0 aliphatic carbocycles. The lowest BCUT2D eigenvalue weighted by molar-refractivity contribution is 0.616. The summed E-state index contributed by atoms with van der Waals surface area (Å²) in [5.41, 5.74) is 2.65. The van der Waals surface area contributed by atoms with Gasteiger partial charge in [0, 0.05) is 22.9 Å². The van der Waals surface area contributed by atoms with Gasteiger partial charge in [-0.1, -0.05) is 22.0 Å². The minimum atomic E-state index is 0.922. The second kappa shape index (κ2) is 4.01. The predicted octanol–water partition coefficient (Wildman–Crippen LogP) is 3.55. The first-order valence-corrected chi connectivity index (χ1v) is 6.32. The highest BCUT2D eigenvalue weighted by Gasteiger charge is 2.16. The van der Waals surface area contributed by atoms with Gasteiger partial charge in [0.2, 0.25) is 0 Å². The van der Waals surface area contributed by atoms with E-state index >= 15 is 0 Å². The Bertz CT molecular complexity index is 308. The molecule has 0 spiro atoms. The number of benzene rings is 1. The van der Waals surface area contributed by atoms with Gasteiger partial charge in [-0.3, -0.25) is 0 Å².